The molecule has 1 heterocycles. The number of aliphatic hydroxyl groups excluding tert-OH is 1. The molecule has 0 aromatic heterocycles. The van der Waals surface area contributed by atoms with Gasteiger partial charge in [-0.2, -0.15) is 0 Å². The highest BCUT2D eigenvalue weighted by Crippen LogP contribution is 2.65. The van der Waals surface area contributed by atoms with E-state index in [2.05, 4.69) is 5.32 Å². The number of ketones is 1. The van der Waals surface area contributed by atoms with E-state index < -0.39 is 118 Å². The van der Waals surface area contributed by atoms with Crippen molar-refractivity contribution in [3.05, 3.63) is 82.9 Å². The summed E-state index contributed by atoms with van der Waals surface area (Å²) in [6, 6.07) is 14.7. The summed E-state index contributed by atoms with van der Waals surface area (Å²) < 4.78 is 41.0. The van der Waals surface area contributed by atoms with Gasteiger partial charge < -0.3 is 48.7 Å². The fourth-order valence-electron chi connectivity index (χ4n) is 10.2. The number of benzene rings is 2. The van der Waals surface area contributed by atoms with Gasteiger partial charge in [0.2, 0.25) is 6.10 Å². The first-order chi connectivity index (χ1) is 29.4. The number of amides is 1. The van der Waals surface area contributed by atoms with Crippen LogP contribution in [0.4, 0.5) is 9.59 Å². The molecular formula is C47H59NO15. The molecule has 1 amide bonds. The molecule has 2 saturated carbocycles. The molecule has 3 fully saturated rings. The Morgan fingerprint density at radius 2 is 1.59 bits per heavy atom. The zero-order valence-electron chi connectivity index (χ0n) is 37.4. The van der Waals surface area contributed by atoms with Gasteiger partial charge in [0.25, 0.3) is 0 Å². The number of esters is 3. The van der Waals surface area contributed by atoms with Crippen LogP contribution in [0.3, 0.4) is 0 Å². The Morgan fingerprint density at radius 3 is 2.14 bits per heavy atom. The number of rotatable bonds is 10. The monoisotopic (exact) mass is 877 g/mol. The molecule has 2 aromatic carbocycles. The zero-order valence-corrected chi connectivity index (χ0v) is 37.4. The van der Waals surface area contributed by atoms with Gasteiger partial charge in [-0.15, -0.1) is 0 Å². The lowest BCUT2D eigenvalue weighted by molar-refractivity contribution is -0.340. The highest BCUT2D eigenvalue weighted by Gasteiger charge is 2.77. The second-order valence-corrected chi connectivity index (χ2v) is 18.7. The summed E-state index contributed by atoms with van der Waals surface area (Å²) in [4.78, 5) is 83.7. The number of aliphatic hydroxyl groups is 2. The molecule has 6 rings (SSSR count). The molecule has 2 unspecified atom stereocenters. The lowest BCUT2D eigenvalue weighted by atomic mass is 9.43. The third kappa shape index (κ3) is 8.44. The first-order valence-electron chi connectivity index (χ1n) is 21.2. The maximum Gasteiger partial charge on any atom is 0.509 e. The average molecular weight is 878 g/mol. The Hall–Kier alpha value is -5.32. The SMILES string of the molecule is CCOC(=O)O[C@@H](C(=O)O[C@H]1C[C@@]2(O)C(OC(=O)c3ccccc3)[C@H]3[C@](C)(C(=O)[C@H](O)C(=C1C)C2(C)C)[C@@H](C)CC1OC[C@]13OC(C)=O)[C@@H](NC(=O)OC(C)(C)C)c1ccccc1. The highest BCUT2D eigenvalue weighted by molar-refractivity contribution is 5.94. The molecule has 3 N–H and O–H groups in total. The van der Waals surface area contributed by atoms with Gasteiger partial charge in [0.05, 0.1) is 24.7 Å². The maximum absolute atomic E-state index is 15.3. The van der Waals surface area contributed by atoms with E-state index in [1.54, 1.807) is 104 Å². The van der Waals surface area contributed by atoms with Gasteiger partial charge in [-0.05, 0) is 75.8 Å². The number of ether oxygens (including phenoxy) is 7. The summed E-state index contributed by atoms with van der Waals surface area (Å²) in [6.45, 7) is 15.5. The first-order valence-corrected chi connectivity index (χ1v) is 21.2. The first kappa shape index (κ1) is 47.2. The lowest BCUT2D eigenvalue weighted by Crippen LogP contribution is -2.80. The molecule has 63 heavy (non-hydrogen) atoms. The van der Waals surface area contributed by atoms with E-state index in [0.717, 1.165) is 0 Å². The fraction of sp³-hybridized carbons (Fsp3) is 0.574. The molecule has 3 aliphatic carbocycles. The van der Waals surface area contributed by atoms with Crippen LogP contribution in [0, 0.1) is 22.7 Å². The maximum atomic E-state index is 15.3. The fourth-order valence-corrected chi connectivity index (χ4v) is 10.2. The second-order valence-electron chi connectivity index (χ2n) is 18.7. The standard InChI is InChI=1S/C47H59NO15/c1-11-57-42(55)60-35(33(28-18-14-12-15-19-28)48-41(54)63-43(5,6)7)40(53)59-30-23-47(56)38(61-39(52)29-20-16-13-17-21-29)36-45(10,37(51)34(50)32(26(30)3)44(47,8)9)25(2)22-31-46(36,24-58-31)62-27(4)49/h12-21,25,30-31,33-36,38,50,56H,11,22-24H2,1-10H3,(H,48,54)/t25-,30-,31?,33-,34+,35+,36-,38?,45+,46-,47+/m0/s1. The van der Waals surface area contributed by atoms with Crippen molar-refractivity contribution in [3.8, 4) is 0 Å². The summed E-state index contributed by atoms with van der Waals surface area (Å²) in [5, 5.41) is 28.8. The molecule has 0 radical (unpaired) electrons. The Kier molecular flexibility index (Phi) is 13.0. The van der Waals surface area contributed by atoms with E-state index >= 15 is 4.79 Å². The topological polar surface area (TPSA) is 220 Å². The van der Waals surface area contributed by atoms with Crippen LogP contribution in [0.25, 0.3) is 0 Å². The summed E-state index contributed by atoms with van der Waals surface area (Å²) in [5.41, 5.74) is -7.45. The molecule has 342 valence electrons. The minimum atomic E-state index is -2.31. The van der Waals surface area contributed by atoms with Crippen molar-refractivity contribution >= 4 is 35.9 Å². The quantitative estimate of drug-likeness (QED) is 0.148. The Bertz CT molecular complexity index is 2130. The zero-order chi connectivity index (χ0) is 46.4. The summed E-state index contributed by atoms with van der Waals surface area (Å²) >= 11 is 0. The van der Waals surface area contributed by atoms with E-state index in [1.165, 1.54) is 26.0 Å². The molecule has 0 spiro atoms. The molecule has 1 aliphatic heterocycles. The second kappa shape index (κ2) is 17.3. The van der Waals surface area contributed by atoms with Gasteiger partial charge in [0.15, 0.2) is 11.4 Å². The van der Waals surface area contributed by atoms with Crippen molar-refractivity contribution in [3.63, 3.8) is 0 Å². The number of alkyl carbamates (subject to hydrolysis) is 1. The molecule has 1 saturated heterocycles. The molecule has 2 bridgehead atoms. The predicted molar refractivity (Wildman–Crippen MR) is 223 cm³/mol. The lowest BCUT2D eigenvalue weighted by Gasteiger charge is -2.68. The van der Waals surface area contributed by atoms with E-state index in [9.17, 15) is 34.2 Å². The minimum absolute atomic E-state index is 0.00885. The average Bonchev–Trinajstić information content (AvgIpc) is 3.20. The highest BCUT2D eigenvalue weighted by atomic mass is 16.7. The van der Waals surface area contributed by atoms with Crippen LogP contribution in [0.1, 0.15) is 104 Å². The van der Waals surface area contributed by atoms with Crippen LogP contribution in [0.15, 0.2) is 71.8 Å². The van der Waals surface area contributed by atoms with Crippen LogP contribution in [0.5, 0.6) is 0 Å². The summed E-state index contributed by atoms with van der Waals surface area (Å²) in [6.07, 6.45) is -10.3. The van der Waals surface area contributed by atoms with Crippen LogP contribution in [-0.2, 0) is 47.5 Å². The number of fused-ring (bicyclic) bond motifs is 5. The van der Waals surface area contributed by atoms with Crippen molar-refractivity contribution in [1.82, 2.24) is 5.32 Å². The van der Waals surface area contributed by atoms with Crippen LogP contribution < -0.4 is 5.32 Å². The van der Waals surface area contributed by atoms with Crippen molar-refractivity contribution in [1.29, 1.82) is 0 Å². The van der Waals surface area contributed by atoms with Crippen molar-refractivity contribution in [2.45, 2.75) is 135 Å². The van der Waals surface area contributed by atoms with Crippen LogP contribution in [0.2, 0.25) is 0 Å². The van der Waals surface area contributed by atoms with Gasteiger partial charge in [-0.1, -0.05) is 76.2 Å². The minimum Gasteiger partial charge on any atom is -0.455 e. The Balaban J connectivity index is 1.53. The molecule has 16 heteroatoms. The number of carbonyl (C=O) groups is 6. The molecule has 4 aliphatic rings. The van der Waals surface area contributed by atoms with Crippen LogP contribution >= 0.6 is 0 Å². The van der Waals surface area contributed by atoms with E-state index in [4.69, 9.17) is 33.2 Å². The third-order valence-corrected chi connectivity index (χ3v) is 13.5. The van der Waals surface area contributed by atoms with Crippen LogP contribution in [-0.4, -0.2) is 107 Å². The number of Topliss-reactive ketones (excluding diaryl/α,β-unsaturated/α-hetero) is 1. The molecular weight excluding hydrogens is 819 g/mol. The summed E-state index contributed by atoms with van der Waals surface area (Å²) in [5.74, 6) is -5.35. The molecule has 11 atom stereocenters. The normalized spacial score (nSPS) is 31.8. The van der Waals surface area contributed by atoms with E-state index in [1.807, 2.05) is 0 Å². The van der Waals surface area contributed by atoms with Gasteiger partial charge in [0, 0.05) is 24.2 Å². The van der Waals surface area contributed by atoms with E-state index in [-0.39, 0.29) is 36.3 Å². The van der Waals surface area contributed by atoms with E-state index in [0.29, 0.717) is 5.56 Å². The number of nitrogens with one attached hydrogen (secondary N) is 1. The van der Waals surface area contributed by atoms with Crippen molar-refractivity contribution in [2.75, 3.05) is 13.2 Å². The Labute approximate surface area is 366 Å². The van der Waals surface area contributed by atoms with Crippen molar-refractivity contribution < 1.29 is 72.1 Å². The number of hydrogen-bond acceptors (Lipinski definition) is 15. The smallest absolute Gasteiger partial charge is 0.455 e. The number of carbonyl (C=O) groups excluding carboxylic acids is 6. The van der Waals surface area contributed by atoms with Gasteiger partial charge in [-0.3, -0.25) is 9.59 Å². The van der Waals surface area contributed by atoms with Crippen molar-refractivity contribution in [2.24, 2.45) is 22.7 Å². The molecule has 2 aromatic rings. The summed E-state index contributed by atoms with van der Waals surface area (Å²) in [7, 11) is 0. The van der Waals surface area contributed by atoms with Gasteiger partial charge in [-0.25, -0.2) is 19.2 Å². The number of hydrogen-bond donors (Lipinski definition) is 3. The largest absolute Gasteiger partial charge is 0.509 e. The van der Waals surface area contributed by atoms with Gasteiger partial charge >= 0.3 is 30.2 Å². The molecule has 16 nitrogen and oxygen atoms in total. The Morgan fingerprint density at radius 1 is 0.968 bits per heavy atom. The van der Waals surface area contributed by atoms with Gasteiger partial charge in [0.1, 0.15) is 41.7 Å². The predicted octanol–water partition coefficient (Wildman–Crippen LogP) is 5.72. The third-order valence-electron chi connectivity index (χ3n) is 13.5.